The summed E-state index contributed by atoms with van der Waals surface area (Å²) in [7, 11) is 0. The normalized spacial score (nSPS) is 11.3. The van der Waals surface area contributed by atoms with Crippen LogP contribution in [-0.4, -0.2) is 45.4 Å². The quantitative estimate of drug-likeness (QED) is 0.111. The van der Waals surface area contributed by atoms with E-state index in [1.165, 1.54) is 36.6 Å². The number of benzene rings is 1. The van der Waals surface area contributed by atoms with E-state index in [-0.39, 0.29) is 29.2 Å². The van der Waals surface area contributed by atoms with Crippen molar-refractivity contribution in [2.45, 2.75) is 13.8 Å². The average molecular weight is 393 g/mol. The van der Waals surface area contributed by atoms with E-state index in [2.05, 4.69) is 9.72 Å². The summed E-state index contributed by atoms with van der Waals surface area (Å²) in [6.45, 7) is 2.95. The molecule has 0 atom stereocenters. The van der Waals surface area contributed by atoms with Gasteiger partial charge in [-0.15, -0.1) is 0 Å². The SMILES string of the molecule is CCOC(=O)C(=O)/C(=C\n1c(=S)[nH]c2ccc([N+](=O)[O-])cc21)C(=O)OCC. The Hall–Kier alpha value is -3.34. The van der Waals surface area contributed by atoms with E-state index in [1.54, 1.807) is 0 Å². The molecule has 0 saturated heterocycles. The van der Waals surface area contributed by atoms with Crippen LogP contribution in [0.4, 0.5) is 5.69 Å². The van der Waals surface area contributed by atoms with Crippen LogP contribution in [0.3, 0.4) is 0 Å². The number of ether oxygens (including phenoxy) is 2. The van der Waals surface area contributed by atoms with Crippen molar-refractivity contribution < 1.29 is 28.8 Å². The number of nitrogens with one attached hydrogen (secondary N) is 1. The van der Waals surface area contributed by atoms with E-state index in [0.717, 1.165) is 6.20 Å². The van der Waals surface area contributed by atoms with Crippen LogP contribution in [0.1, 0.15) is 13.8 Å². The van der Waals surface area contributed by atoms with Gasteiger partial charge in [-0.2, -0.15) is 0 Å². The number of fused-ring (bicyclic) bond motifs is 1. The molecule has 1 N–H and O–H groups in total. The van der Waals surface area contributed by atoms with E-state index >= 15 is 0 Å². The van der Waals surface area contributed by atoms with Crippen LogP contribution in [0.5, 0.6) is 0 Å². The molecule has 0 spiro atoms. The molecule has 1 heterocycles. The number of imidazole rings is 1. The molecule has 0 radical (unpaired) electrons. The molecule has 0 amide bonds. The number of hydrogen-bond donors (Lipinski definition) is 1. The molecule has 0 aliphatic heterocycles. The van der Waals surface area contributed by atoms with Gasteiger partial charge in [-0.25, -0.2) is 9.59 Å². The number of aromatic amines is 1. The van der Waals surface area contributed by atoms with Crippen LogP contribution in [0, 0.1) is 14.9 Å². The highest BCUT2D eigenvalue weighted by Gasteiger charge is 2.28. The maximum absolute atomic E-state index is 12.3. The summed E-state index contributed by atoms with van der Waals surface area (Å²) in [6.07, 6.45) is 1.00. The third-order valence-corrected chi connectivity index (χ3v) is 3.67. The number of carbonyl (C=O) groups excluding carboxylic acids is 3. The van der Waals surface area contributed by atoms with Crippen molar-refractivity contribution in [3.05, 3.63) is 38.7 Å². The second-order valence-corrected chi connectivity index (χ2v) is 5.46. The van der Waals surface area contributed by atoms with E-state index in [9.17, 15) is 24.5 Å². The van der Waals surface area contributed by atoms with Crippen molar-refractivity contribution in [1.82, 2.24) is 9.55 Å². The van der Waals surface area contributed by atoms with Crippen LogP contribution in [0.25, 0.3) is 17.2 Å². The lowest BCUT2D eigenvalue weighted by atomic mass is 10.2. The predicted molar refractivity (Wildman–Crippen MR) is 96.3 cm³/mol. The summed E-state index contributed by atoms with van der Waals surface area (Å²) in [5.74, 6) is -3.48. The van der Waals surface area contributed by atoms with Gasteiger partial charge in [0.25, 0.3) is 11.5 Å². The highest BCUT2D eigenvalue weighted by Crippen LogP contribution is 2.22. The smallest absolute Gasteiger partial charge is 0.380 e. The van der Waals surface area contributed by atoms with E-state index in [0.29, 0.717) is 5.52 Å². The summed E-state index contributed by atoms with van der Waals surface area (Å²) in [6, 6.07) is 3.93. The van der Waals surface area contributed by atoms with Crippen LogP contribution >= 0.6 is 12.2 Å². The van der Waals surface area contributed by atoms with Gasteiger partial charge in [0.2, 0.25) is 0 Å². The van der Waals surface area contributed by atoms with Crippen molar-refractivity contribution in [3.63, 3.8) is 0 Å². The highest BCUT2D eigenvalue weighted by atomic mass is 32.1. The molecule has 0 fully saturated rings. The lowest BCUT2D eigenvalue weighted by Crippen LogP contribution is -2.25. The monoisotopic (exact) mass is 393 g/mol. The van der Waals surface area contributed by atoms with Gasteiger partial charge in [0.1, 0.15) is 5.57 Å². The number of nitro groups is 1. The number of nitro benzene ring substituents is 1. The molecule has 27 heavy (non-hydrogen) atoms. The fourth-order valence-corrected chi connectivity index (χ4v) is 2.46. The number of rotatable bonds is 7. The molecule has 10 nitrogen and oxygen atoms in total. The van der Waals surface area contributed by atoms with Gasteiger partial charge in [0, 0.05) is 18.3 Å². The van der Waals surface area contributed by atoms with Gasteiger partial charge < -0.3 is 14.5 Å². The summed E-state index contributed by atoms with van der Waals surface area (Å²) < 4.78 is 10.7. The van der Waals surface area contributed by atoms with Crippen molar-refractivity contribution in [2.75, 3.05) is 13.2 Å². The number of carbonyl (C=O) groups is 3. The Bertz CT molecular complexity index is 1020. The Labute approximate surface area is 157 Å². The Morgan fingerprint density at radius 2 is 1.85 bits per heavy atom. The Morgan fingerprint density at radius 1 is 1.22 bits per heavy atom. The van der Waals surface area contributed by atoms with Gasteiger partial charge in [-0.3, -0.25) is 19.5 Å². The summed E-state index contributed by atoms with van der Waals surface area (Å²) in [5, 5.41) is 11.0. The van der Waals surface area contributed by atoms with Crippen LogP contribution in [-0.2, 0) is 23.9 Å². The molecule has 1 aromatic carbocycles. The van der Waals surface area contributed by atoms with Crippen molar-refractivity contribution in [2.24, 2.45) is 0 Å². The van der Waals surface area contributed by atoms with Crippen LogP contribution < -0.4 is 0 Å². The first kappa shape index (κ1) is 20.0. The summed E-state index contributed by atoms with van der Waals surface area (Å²) in [4.78, 5) is 49.4. The number of Topliss-reactive ketones (excluding diaryl/α,β-unsaturated/α-hetero) is 1. The number of non-ortho nitro benzene ring substituents is 1. The van der Waals surface area contributed by atoms with Crippen molar-refractivity contribution >= 4 is 52.9 Å². The third-order valence-electron chi connectivity index (χ3n) is 3.37. The molecule has 2 aromatic rings. The van der Waals surface area contributed by atoms with E-state index < -0.39 is 28.2 Å². The van der Waals surface area contributed by atoms with Crippen molar-refractivity contribution in [1.29, 1.82) is 0 Å². The molecule has 2 rings (SSSR count). The lowest BCUT2D eigenvalue weighted by Gasteiger charge is -2.07. The number of hydrogen-bond acceptors (Lipinski definition) is 8. The molecule has 0 unspecified atom stereocenters. The molecule has 0 saturated carbocycles. The molecule has 0 bridgehead atoms. The molecule has 1 aromatic heterocycles. The first-order chi connectivity index (χ1) is 12.8. The first-order valence-corrected chi connectivity index (χ1v) is 8.20. The van der Waals surface area contributed by atoms with E-state index in [1.807, 2.05) is 0 Å². The van der Waals surface area contributed by atoms with Crippen LogP contribution in [0.15, 0.2) is 23.8 Å². The molecule has 0 aliphatic carbocycles. The van der Waals surface area contributed by atoms with E-state index in [4.69, 9.17) is 17.0 Å². The largest absolute Gasteiger partial charge is 0.462 e. The molecule has 11 heteroatoms. The summed E-state index contributed by atoms with van der Waals surface area (Å²) in [5.41, 5.74) is -0.145. The molecule has 0 aliphatic rings. The zero-order valence-electron chi connectivity index (χ0n) is 14.4. The topological polar surface area (TPSA) is 134 Å². The minimum absolute atomic E-state index is 0.0307. The van der Waals surface area contributed by atoms with Gasteiger partial charge in [0.15, 0.2) is 4.77 Å². The Morgan fingerprint density at radius 3 is 2.44 bits per heavy atom. The van der Waals surface area contributed by atoms with Gasteiger partial charge in [-0.05, 0) is 32.1 Å². The van der Waals surface area contributed by atoms with Crippen LogP contribution in [0.2, 0.25) is 0 Å². The second kappa shape index (κ2) is 8.36. The van der Waals surface area contributed by atoms with Gasteiger partial charge >= 0.3 is 11.9 Å². The minimum atomic E-state index is -1.23. The lowest BCUT2D eigenvalue weighted by molar-refractivity contribution is -0.384. The number of ketones is 1. The molecular weight excluding hydrogens is 378 g/mol. The Balaban J connectivity index is 2.66. The predicted octanol–water partition coefficient (Wildman–Crippen LogP) is 2.14. The maximum atomic E-state index is 12.3. The standard InChI is InChI=1S/C16H15N3O7S/c1-3-25-14(21)10(13(20)15(22)26-4-2)8-18-12-7-9(19(23)24)5-6-11(12)17-16(18)27/h5-8H,3-4H2,1-2H3,(H,17,27)/b10-8+. The first-order valence-electron chi connectivity index (χ1n) is 7.79. The van der Waals surface area contributed by atoms with Gasteiger partial charge in [-0.1, -0.05) is 0 Å². The maximum Gasteiger partial charge on any atom is 0.380 e. The number of nitrogens with zero attached hydrogens (tertiary/aromatic N) is 2. The fourth-order valence-electron chi connectivity index (χ4n) is 2.20. The zero-order valence-corrected chi connectivity index (χ0v) is 15.2. The zero-order chi connectivity index (χ0) is 20.1. The van der Waals surface area contributed by atoms with Gasteiger partial charge in [0.05, 0.1) is 29.2 Å². The number of esters is 2. The number of H-pyrrole nitrogens is 1. The number of aromatic nitrogens is 2. The minimum Gasteiger partial charge on any atom is -0.462 e. The Kier molecular flexibility index (Phi) is 6.19. The second-order valence-electron chi connectivity index (χ2n) is 5.07. The third kappa shape index (κ3) is 4.26. The fraction of sp³-hybridized carbons (Fsp3) is 0.250. The average Bonchev–Trinajstić information content (AvgIpc) is 2.93. The van der Waals surface area contributed by atoms with Crippen molar-refractivity contribution in [3.8, 4) is 0 Å². The summed E-state index contributed by atoms with van der Waals surface area (Å²) >= 11 is 5.15. The highest BCUT2D eigenvalue weighted by molar-refractivity contribution is 7.71. The molecular formula is C16H15N3O7S. The molecule has 142 valence electrons.